The number of nitrogens with zero attached hydrogens (tertiary/aromatic N) is 4. The Bertz CT molecular complexity index is 1120. The fourth-order valence-corrected chi connectivity index (χ4v) is 3.92. The summed E-state index contributed by atoms with van der Waals surface area (Å²) < 4.78 is 1.85. The lowest BCUT2D eigenvalue weighted by atomic mass is 10.1. The van der Waals surface area contributed by atoms with Gasteiger partial charge in [0.15, 0.2) is 0 Å². The molecule has 3 aromatic heterocycles. The summed E-state index contributed by atoms with van der Waals surface area (Å²) in [5, 5.41) is 9.86. The minimum atomic E-state index is -0.197. The molecular formula is C16H11ClN4OS. The number of aromatic nitrogens is 4. The van der Waals surface area contributed by atoms with Crippen LogP contribution in [0.3, 0.4) is 0 Å². The highest BCUT2D eigenvalue weighted by atomic mass is 35.5. The Hall–Kier alpha value is -2.31. The topological polar surface area (TPSA) is 60.7 Å². The molecule has 0 bridgehead atoms. The Morgan fingerprint density at radius 1 is 1.17 bits per heavy atom. The zero-order valence-electron chi connectivity index (χ0n) is 12.4. The molecule has 0 radical (unpaired) electrons. The second kappa shape index (κ2) is 5.11. The summed E-state index contributed by atoms with van der Waals surface area (Å²) in [4.78, 5) is 18.1. The second-order valence-electron chi connectivity index (χ2n) is 5.32. The van der Waals surface area contributed by atoms with Gasteiger partial charge in [0.25, 0.3) is 5.56 Å². The molecule has 7 heteroatoms. The second-order valence-corrected chi connectivity index (χ2v) is 6.76. The average molecular weight is 343 g/mol. The molecular weight excluding hydrogens is 332 g/mol. The summed E-state index contributed by atoms with van der Waals surface area (Å²) in [6.45, 7) is 3.93. The van der Waals surface area contributed by atoms with Crippen molar-refractivity contribution >= 4 is 43.4 Å². The number of fused-ring (bicyclic) bond motifs is 3. The van der Waals surface area contributed by atoms with Crippen molar-refractivity contribution in [3.05, 3.63) is 57.0 Å². The quantitative estimate of drug-likeness (QED) is 0.529. The molecule has 0 fully saturated rings. The highest BCUT2D eigenvalue weighted by Gasteiger charge is 2.16. The maximum absolute atomic E-state index is 12.8. The van der Waals surface area contributed by atoms with E-state index in [-0.39, 0.29) is 5.56 Å². The van der Waals surface area contributed by atoms with E-state index in [9.17, 15) is 4.79 Å². The zero-order chi connectivity index (χ0) is 16.1. The van der Waals surface area contributed by atoms with Crippen molar-refractivity contribution in [2.45, 2.75) is 13.8 Å². The van der Waals surface area contributed by atoms with Crippen LogP contribution in [0.15, 0.2) is 35.1 Å². The molecule has 0 aliphatic heterocycles. The van der Waals surface area contributed by atoms with Gasteiger partial charge in [0.05, 0.1) is 5.69 Å². The molecule has 1 aromatic carbocycles. The summed E-state index contributed by atoms with van der Waals surface area (Å²) in [5.41, 5.74) is 3.03. The van der Waals surface area contributed by atoms with Gasteiger partial charge in [-0.25, -0.2) is 4.98 Å². The van der Waals surface area contributed by atoms with Crippen LogP contribution in [-0.2, 0) is 0 Å². The highest BCUT2D eigenvalue weighted by Crippen LogP contribution is 2.31. The molecule has 3 heterocycles. The molecule has 0 aliphatic rings. The number of halogens is 1. The van der Waals surface area contributed by atoms with Gasteiger partial charge in [-0.2, -0.15) is 4.68 Å². The molecule has 0 unspecified atom stereocenters. The predicted molar refractivity (Wildman–Crippen MR) is 92.8 cm³/mol. The molecule has 0 saturated carbocycles. The van der Waals surface area contributed by atoms with Crippen molar-refractivity contribution in [1.82, 2.24) is 20.0 Å². The Kier molecular flexibility index (Phi) is 3.18. The first-order chi connectivity index (χ1) is 11.0. The van der Waals surface area contributed by atoms with Crippen molar-refractivity contribution in [3.63, 3.8) is 0 Å². The van der Waals surface area contributed by atoms with Gasteiger partial charge in [-0.15, -0.1) is 16.4 Å². The van der Waals surface area contributed by atoms with Crippen LogP contribution in [-0.4, -0.2) is 20.0 Å². The fourth-order valence-electron chi connectivity index (χ4n) is 2.64. The Morgan fingerprint density at radius 2 is 1.91 bits per heavy atom. The van der Waals surface area contributed by atoms with Gasteiger partial charge in [-0.3, -0.25) is 4.79 Å². The smallest absolute Gasteiger partial charge is 0.266 e. The third-order valence-electron chi connectivity index (χ3n) is 3.65. The monoisotopic (exact) mass is 342 g/mol. The fraction of sp³-hybridized carbons (Fsp3) is 0.125. The molecule has 0 atom stereocenters. The lowest BCUT2D eigenvalue weighted by molar-refractivity contribution is 0.740. The molecule has 5 nitrogen and oxygen atoms in total. The van der Waals surface area contributed by atoms with Crippen LogP contribution in [0.4, 0.5) is 0 Å². The minimum absolute atomic E-state index is 0.197. The summed E-state index contributed by atoms with van der Waals surface area (Å²) in [6, 6.07) is 8.90. The molecule has 0 saturated heterocycles. The Balaban J connectivity index is 2.06. The van der Waals surface area contributed by atoms with E-state index in [4.69, 9.17) is 11.6 Å². The van der Waals surface area contributed by atoms with E-state index < -0.39 is 0 Å². The van der Waals surface area contributed by atoms with Crippen LogP contribution >= 0.6 is 22.9 Å². The van der Waals surface area contributed by atoms with Gasteiger partial charge in [0.2, 0.25) is 0 Å². The number of thiophene rings is 1. The standard InChI is InChI=1S/C16H11ClN4OS/c1-8-7-9(2)18-15-12(8)13-14(23-15)16(22)21(20-19-13)11-5-3-10(17)4-6-11/h3-7H,1-2H3. The largest absolute Gasteiger partial charge is 0.292 e. The van der Waals surface area contributed by atoms with Crippen molar-refractivity contribution in [2.24, 2.45) is 0 Å². The van der Waals surface area contributed by atoms with Crippen LogP contribution in [0.1, 0.15) is 11.3 Å². The number of hydrogen-bond donors (Lipinski definition) is 0. The molecule has 0 amide bonds. The van der Waals surface area contributed by atoms with Gasteiger partial charge < -0.3 is 0 Å². The first kappa shape index (κ1) is 14.3. The van der Waals surface area contributed by atoms with Gasteiger partial charge in [0.1, 0.15) is 15.0 Å². The first-order valence-electron chi connectivity index (χ1n) is 6.97. The lowest BCUT2D eigenvalue weighted by Crippen LogP contribution is -2.21. The van der Waals surface area contributed by atoms with E-state index in [0.717, 1.165) is 21.5 Å². The van der Waals surface area contributed by atoms with E-state index >= 15 is 0 Å². The van der Waals surface area contributed by atoms with Crippen LogP contribution in [0, 0.1) is 13.8 Å². The van der Waals surface area contributed by atoms with Crippen molar-refractivity contribution in [2.75, 3.05) is 0 Å². The lowest BCUT2D eigenvalue weighted by Gasteiger charge is -2.03. The molecule has 4 aromatic rings. The van der Waals surface area contributed by atoms with E-state index in [1.807, 2.05) is 19.9 Å². The molecule has 0 aliphatic carbocycles. The van der Waals surface area contributed by atoms with Crippen LogP contribution in [0.2, 0.25) is 5.02 Å². The zero-order valence-corrected chi connectivity index (χ0v) is 13.9. The number of hydrogen-bond acceptors (Lipinski definition) is 5. The number of benzene rings is 1. The van der Waals surface area contributed by atoms with Crippen LogP contribution < -0.4 is 5.56 Å². The third kappa shape index (κ3) is 2.22. The molecule has 23 heavy (non-hydrogen) atoms. The van der Waals surface area contributed by atoms with E-state index in [1.165, 1.54) is 16.0 Å². The van der Waals surface area contributed by atoms with Gasteiger partial charge >= 0.3 is 0 Å². The van der Waals surface area contributed by atoms with Crippen molar-refractivity contribution in [3.8, 4) is 5.69 Å². The van der Waals surface area contributed by atoms with Gasteiger partial charge in [-0.05, 0) is 49.7 Å². The minimum Gasteiger partial charge on any atom is -0.266 e. The van der Waals surface area contributed by atoms with Gasteiger partial charge in [0, 0.05) is 16.1 Å². The summed E-state index contributed by atoms with van der Waals surface area (Å²) in [5.74, 6) is 0. The number of aryl methyl sites for hydroxylation is 2. The van der Waals surface area contributed by atoms with Gasteiger partial charge in [-0.1, -0.05) is 16.8 Å². The average Bonchev–Trinajstić information content (AvgIpc) is 2.88. The first-order valence-corrected chi connectivity index (χ1v) is 8.16. The summed E-state index contributed by atoms with van der Waals surface area (Å²) in [7, 11) is 0. The Labute approximate surface area is 140 Å². The van der Waals surface area contributed by atoms with Crippen LogP contribution in [0.5, 0.6) is 0 Å². The third-order valence-corrected chi connectivity index (χ3v) is 4.97. The van der Waals surface area contributed by atoms with Crippen molar-refractivity contribution in [1.29, 1.82) is 0 Å². The van der Waals surface area contributed by atoms with E-state index in [1.54, 1.807) is 24.3 Å². The number of pyridine rings is 1. The van der Waals surface area contributed by atoms with Crippen molar-refractivity contribution < 1.29 is 0 Å². The molecule has 4 rings (SSSR count). The normalized spacial score (nSPS) is 11.4. The Morgan fingerprint density at radius 3 is 2.65 bits per heavy atom. The molecule has 0 spiro atoms. The maximum Gasteiger partial charge on any atom is 0.292 e. The van der Waals surface area contributed by atoms with E-state index in [2.05, 4.69) is 15.3 Å². The highest BCUT2D eigenvalue weighted by molar-refractivity contribution is 7.25. The SMILES string of the molecule is Cc1cc(C)c2c(n1)sc1c(=O)n(-c3ccc(Cl)cc3)nnc12. The summed E-state index contributed by atoms with van der Waals surface area (Å²) in [6.07, 6.45) is 0. The van der Waals surface area contributed by atoms with Crippen LogP contribution in [0.25, 0.3) is 26.1 Å². The maximum atomic E-state index is 12.8. The molecule has 0 N–H and O–H groups in total. The summed E-state index contributed by atoms with van der Waals surface area (Å²) >= 11 is 7.25. The predicted octanol–water partition coefficient (Wildman–Crippen LogP) is 3.66. The molecule has 114 valence electrons. The van der Waals surface area contributed by atoms with E-state index in [0.29, 0.717) is 20.9 Å². The number of rotatable bonds is 1.